The summed E-state index contributed by atoms with van der Waals surface area (Å²) in [4.78, 5) is 0. The lowest BCUT2D eigenvalue weighted by Gasteiger charge is -2.02. The smallest absolute Gasteiger partial charge is 0.119 e. The Morgan fingerprint density at radius 2 is 2.17 bits per heavy atom. The van der Waals surface area contributed by atoms with Crippen molar-refractivity contribution in [3.63, 3.8) is 0 Å². The molecule has 0 atom stereocenters. The Morgan fingerprint density at radius 1 is 1.33 bits per heavy atom. The molecule has 0 amide bonds. The second kappa shape index (κ2) is 2.67. The first-order chi connectivity index (χ1) is 5.79. The van der Waals surface area contributed by atoms with Gasteiger partial charge in [-0.3, -0.25) is 0 Å². The molecule has 1 aliphatic carbocycles. The van der Waals surface area contributed by atoms with E-state index in [9.17, 15) is 0 Å². The minimum absolute atomic E-state index is 0.944. The summed E-state index contributed by atoms with van der Waals surface area (Å²) in [6.07, 6.45) is 3.32. The summed E-state index contributed by atoms with van der Waals surface area (Å²) < 4.78 is 5.15. The van der Waals surface area contributed by atoms with Gasteiger partial charge in [0, 0.05) is 0 Å². The molecular formula is C11H12O. The quantitative estimate of drug-likeness (QED) is 0.613. The fraction of sp³-hybridized carbons (Fsp3) is 0.273. The van der Waals surface area contributed by atoms with Gasteiger partial charge in [-0.1, -0.05) is 17.7 Å². The summed E-state index contributed by atoms with van der Waals surface area (Å²) in [5, 5.41) is 0. The summed E-state index contributed by atoms with van der Waals surface area (Å²) in [6, 6.07) is 6.25. The molecular weight excluding hydrogens is 148 g/mol. The average Bonchev–Trinajstić information content (AvgIpc) is 2.43. The normalized spacial score (nSPS) is 14.0. The van der Waals surface area contributed by atoms with Crippen molar-refractivity contribution in [1.82, 2.24) is 0 Å². The monoisotopic (exact) mass is 160 g/mol. The van der Waals surface area contributed by atoms with Gasteiger partial charge in [-0.15, -0.1) is 0 Å². The van der Waals surface area contributed by atoms with Crippen LogP contribution in [0.1, 0.15) is 18.1 Å². The largest absolute Gasteiger partial charge is 0.497 e. The number of ether oxygens (including phenoxy) is 1. The molecule has 12 heavy (non-hydrogen) atoms. The molecule has 0 radical (unpaired) electrons. The molecule has 0 fully saturated rings. The van der Waals surface area contributed by atoms with Crippen molar-refractivity contribution in [2.75, 3.05) is 7.11 Å². The van der Waals surface area contributed by atoms with Gasteiger partial charge in [-0.2, -0.15) is 0 Å². The van der Waals surface area contributed by atoms with E-state index in [0.717, 1.165) is 12.2 Å². The van der Waals surface area contributed by atoms with Crippen molar-refractivity contribution in [1.29, 1.82) is 0 Å². The molecule has 0 aliphatic heterocycles. The van der Waals surface area contributed by atoms with Gasteiger partial charge in [0.05, 0.1) is 7.11 Å². The first kappa shape index (κ1) is 7.41. The van der Waals surface area contributed by atoms with Gasteiger partial charge in [0.15, 0.2) is 0 Å². The highest BCUT2D eigenvalue weighted by molar-refractivity contribution is 5.64. The predicted octanol–water partition coefficient (Wildman–Crippen LogP) is 2.65. The molecule has 1 aliphatic rings. The minimum atomic E-state index is 0.944. The molecule has 0 aromatic heterocycles. The van der Waals surface area contributed by atoms with Gasteiger partial charge in [-0.05, 0) is 36.6 Å². The lowest BCUT2D eigenvalue weighted by atomic mass is 10.1. The average molecular weight is 160 g/mol. The number of methoxy groups -OCH3 is 1. The van der Waals surface area contributed by atoms with Crippen LogP contribution in [0.4, 0.5) is 0 Å². The molecule has 62 valence electrons. The summed E-state index contributed by atoms with van der Waals surface area (Å²) in [6.45, 7) is 2.16. The molecule has 0 saturated heterocycles. The van der Waals surface area contributed by atoms with Crippen LogP contribution in [-0.2, 0) is 6.42 Å². The van der Waals surface area contributed by atoms with Crippen LogP contribution in [0.3, 0.4) is 0 Å². The van der Waals surface area contributed by atoms with Gasteiger partial charge in [0.2, 0.25) is 0 Å². The number of rotatable bonds is 1. The van der Waals surface area contributed by atoms with Gasteiger partial charge in [0.1, 0.15) is 5.75 Å². The lowest BCUT2D eigenvalue weighted by molar-refractivity contribution is 0.414. The number of allylic oxidation sites excluding steroid dienone is 1. The van der Waals surface area contributed by atoms with E-state index >= 15 is 0 Å². The molecule has 0 saturated carbocycles. The molecule has 1 aromatic carbocycles. The van der Waals surface area contributed by atoms with Gasteiger partial charge < -0.3 is 4.74 Å². The van der Waals surface area contributed by atoms with E-state index < -0.39 is 0 Å². The van der Waals surface area contributed by atoms with Crippen molar-refractivity contribution in [3.05, 3.63) is 34.9 Å². The highest BCUT2D eigenvalue weighted by Crippen LogP contribution is 2.27. The lowest BCUT2D eigenvalue weighted by Crippen LogP contribution is -1.86. The standard InChI is InChI=1S/C11H12O/c1-8-5-9-3-4-11(12-2)7-10(9)6-8/h3-4,6-7H,5H2,1-2H3. The number of benzene rings is 1. The summed E-state index contributed by atoms with van der Waals surface area (Å²) in [5.41, 5.74) is 4.15. The van der Waals surface area contributed by atoms with Gasteiger partial charge >= 0.3 is 0 Å². The molecule has 1 nitrogen and oxygen atoms in total. The second-order valence-corrected chi connectivity index (χ2v) is 3.23. The van der Waals surface area contributed by atoms with E-state index in [1.807, 2.05) is 6.07 Å². The van der Waals surface area contributed by atoms with E-state index in [-0.39, 0.29) is 0 Å². The van der Waals surface area contributed by atoms with Crippen LogP contribution in [0.2, 0.25) is 0 Å². The zero-order valence-electron chi connectivity index (χ0n) is 7.42. The molecule has 0 heterocycles. The fourth-order valence-electron chi connectivity index (χ4n) is 1.61. The van der Waals surface area contributed by atoms with Crippen LogP contribution >= 0.6 is 0 Å². The maximum Gasteiger partial charge on any atom is 0.119 e. The van der Waals surface area contributed by atoms with Crippen LogP contribution in [0.25, 0.3) is 6.08 Å². The van der Waals surface area contributed by atoms with Crippen LogP contribution in [0.5, 0.6) is 5.75 Å². The Kier molecular flexibility index (Phi) is 1.65. The summed E-state index contributed by atoms with van der Waals surface area (Å²) in [7, 11) is 1.70. The van der Waals surface area contributed by atoms with E-state index in [2.05, 4.69) is 25.1 Å². The van der Waals surface area contributed by atoms with Crippen LogP contribution in [0.15, 0.2) is 23.8 Å². The predicted molar refractivity (Wildman–Crippen MR) is 50.3 cm³/mol. The summed E-state index contributed by atoms with van der Waals surface area (Å²) >= 11 is 0. The zero-order chi connectivity index (χ0) is 8.55. The minimum Gasteiger partial charge on any atom is -0.497 e. The van der Waals surface area contributed by atoms with Crippen LogP contribution in [0, 0.1) is 0 Å². The topological polar surface area (TPSA) is 9.23 Å². The molecule has 0 N–H and O–H groups in total. The molecule has 1 aromatic rings. The third kappa shape index (κ3) is 1.11. The maximum absolute atomic E-state index is 5.15. The van der Waals surface area contributed by atoms with Crippen LogP contribution in [-0.4, -0.2) is 7.11 Å². The fourth-order valence-corrected chi connectivity index (χ4v) is 1.61. The zero-order valence-corrected chi connectivity index (χ0v) is 7.42. The maximum atomic E-state index is 5.15. The third-order valence-corrected chi connectivity index (χ3v) is 2.22. The molecule has 0 bridgehead atoms. The van der Waals surface area contributed by atoms with Crippen molar-refractivity contribution in [2.24, 2.45) is 0 Å². The molecule has 0 unspecified atom stereocenters. The second-order valence-electron chi connectivity index (χ2n) is 3.23. The van der Waals surface area contributed by atoms with E-state index in [4.69, 9.17) is 4.74 Å². The Labute approximate surface area is 72.7 Å². The van der Waals surface area contributed by atoms with E-state index in [0.29, 0.717) is 0 Å². The Hall–Kier alpha value is -1.24. The highest BCUT2D eigenvalue weighted by Gasteiger charge is 2.09. The van der Waals surface area contributed by atoms with Crippen molar-refractivity contribution >= 4 is 6.08 Å². The van der Waals surface area contributed by atoms with E-state index in [1.54, 1.807) is 7.11 Å². The Morgan fingerprint density at radius 3 is 2.92 bits per heavy atom. The SMILES string of the molecule is COc1ccc2c(c1)C=C(C)C2. The highest BCUT2D eigenvalue weighted by atomic mass is 16.5. The molecule has 1 heteroatoms. The van der Waals surface area contributed by atoms with Gasteiger partial charge in [-0.25, -0.2) is 0 Å². The molecule has 2 rings (SSSR count). The summed E-state index contributed by atoms with van der Waals surface area (Å²) in [5.74, 6) is 0.944. The van der Waals surface area contributed by atoms with Crippen LogP contribution < -0.4 is 4.74 Å². The Bertz CT molecular complexity index is 337. The number of fused-ring (bicyclic) bond motifs is 1. The van der Waals surface area contributed by atoms with Crippen molar-refractivity contribution in [3.8, 4) is 5.75 Å². The number of hydrogen-bond acceptors (Lipinski definition) is 1. The third-order valence-electron chi connectivity index (χ3n) is 2.22. The first-order valence-corrected chi connectivity index (χ1v) is 4.13. The first-order valence-electron chi connectivity index (χ1n) is 4.13. The van der Waals surface area contributed by atoms with Gasteiger partial charge in [0.25, 0.3) is 0 Å². The number of hydrogen-bond donors (Lipinski definition) is 0. The van der Waals surface area contributed by atoms with Crippen molar-refractivity contribution < 1.29 is 4.74 Å². The van der Waals surface area contributed by atoms with E-state index in [1.165, 1.54) is 16.7 Å². The molecule has 0 spiro atoms. The van der Waals surface area contributed by atoms with Crippen molar-refractivity contribution in [2.45, 2.75) is 13.3 Å². The Balaban J connectivity index is 2.45.